The molecule has 23 heavy (non-hydrogen) atoms. The fourth-order valence-electron chi connectivity index (χ4n) is 2.43. The third kappa shape index (κ3) is 3.18. The number of carbonyl (C=O) groups is 1. The zero-order chi connectivity index (χ0) is 16.4. The first-order valence-corrected chi connectivity index (χ1v) is 7.13. The number of aromatic nitrogens is 1. The second-order valence-electron chi connectivity index (χ2n) is 5.25. The fourth-order valence-corrected chi connectivity index (χ4v) is 2.43. The third-order valence-corrected chi connectivity index (χ3v) is 3.54. The Hall–Kier alpha value is -2.82. The van der Waals surface area contributed by atoms with Crippen LogP contribution in [0.1, 0.15) is 21.6 Å². The van der Waals surface area contributed by atoms with Crippen molar-refractivity contribution in [1.29, 1.82) is 0 Å². The van der Waals surface area contributed by atoms with E-state index in [1.54, 1.807) is 31.2 Å². The Kier molecular flexibility index (Phi) is 4.02. The Morgan fingerprint density at radius 1 is 1.13 bits per heavy atom. The average molecular weight is 312 g/mol. The van der Waals surface area contributed by atoms with Gasteiger partial charge >= 0.3 is 0 Å². The minimum Gasteiger partial charge on any atom is -0.348 e. The first-order chi connectivity index (χ1) is 11.0. The van der Waals surface area contributed by atoms with Gasteiger partial charge in [0.15, 0.2) is 0 Å². The Balaban J connectivity index is 1.91. The van der Waals surface area contributed by atoms with Gasteiger partial charge in [0, 0.05) is 23.2 Å². The highest BCUT2D eigenvalue weighted by atomic mass is 19.1. The molecule has 2 aromatic carbocycles. The number of hydrogen-bond acceptors (Lipinski definition) is 2. The SMILES string of the molecule is Cc1cc(C(=O)NCc2ccccc2F)c2cc(F)ccc2n1. The molecule has 0 saturated carbocycles. The number of aryl methyl sites for hydroxylation is 1. The summed E-state index contributed by atoms with van der Waals surface area (Å²) in [7, 11) is 0. The molecule has 1 heterocycles. The molecule has 0 bridgehead atoms. The lowest BCUT2D eigenvalue weighted by atomic mass is 10.1. The monoisotopic (exact) mass is 312 g/mol. The zero-order valence-corrected chi connectivity index (χ0v) is 12.4. The summed E-state index contributed by atoms with van der Waals surface area (Å²) >= 11 is 0. The largest absolute Gasteiger partial charge is 0.348 e. The number of rotatable bonds is 3. The van der Waals surface area contributed by atoms with Gasteiger partial charge in [-0.15, -0.1) is 0 Å². The van der Waals surface area contributed by atoms with E-state index in [9.17, 15) is 13.6 Å². The second-order valence-corrected chi connectivity index (χ2v) is 5.25. The molecular formula is C18H14F2N2O. The molecule has 0 unspecified atom stereocenters. The van der Waals surface area contributed by atoms with Crippen molar-refractivity contribution in [2.24, 2.45) is 0 Å². The summed E-state index contributed by atoms with van der Waals surface area (Å²) in [4.78, 5) is 16.7. The van der Waals surface area contributed by atoms with Gasteiger partial charge in [-0.2, -0.15) is 0 Å². The maximum absolute atomic E-state index is 13.6. The predicted molar refractivity (Wildman–Crippen MR) is 84.0 cm³/mol. The van der Waals surface area contributed by atoms with Gasteiger partial charge in [0.1, 0.15) is 11.6 Å². The van der Waals surface area contributed by atoms with E-state index in [1.807, 2.05) is 0 Å². The molecule has 0 atom stereocenters. The standard InChI is InChI=1S/C18H14F2N2O/c1-11-8-15(14-9-13(19)6-7-17(14)22-11)18(23)21-10-12-4-2-3-5-16(12)20/h2-9H,10H2,1H3,(H,21,23). The minimum absolute atomic E-state index is 0.0592. The molecule has 0 radical (unpaired) electrons. The normalized spacial score (nSPS) is 10.7. The van der Waals surface area contributed by atoms with Gasteiger partial charge in [0.25, 0.3) is 5.91 Å². The number of pyridine rings is 1. The number of carbonyl (C=O) groups excluding carboxylic acids is 1. The van der Waals surface area contributed by atoms with Crippen LogP contribution < -0.4 is 5.32 Å². The maximum Gasteiger partial charge on any atom is 0.252 e. The summed E-state index contributed by atoms with van der Waals surface area (Å²) in [5.74, 6) is -1.21. The molecule has 1 aromatic heterocycles. The molecule has 0 aliphatic rings. The Morgan fingerprint density at radius 3 is 2.70 bits per heavy atom. The van der Waals surface area contributed by atoms with E-state index in [-0.39, 0.29) is 12.4 Å². The fraction of sp³-hybridized carbons (Fsp3) is 0.111. The molecule has 3 nitrogen and oxygen atoms in total. The highest BCUT2D eigenvalue weighted by Crippen LogP contribution is 2.20. The summed E-state index contributed by atoms with van der Waals surface area (Å²) in [5.41, 5.74) is 1.91. The second kappa shape index (κ2) is 6.12. The maximum atomic E-state index is 13.6. The molecule has 1 N–H and O–H groups in total. The highest BCUT2D eigenvalue weighted by molar-refractivity contribution is 6.06. The van der Waals surface area contributed by atoms with Gasteiger partial charge in [-0.1, -0.05) is 18.2 Å². The number of halogens is 2. The van der Waals surface area contributed by atoms with E-state index in [4.69, 9.17) is 0 Å². The van der Waals surface area contributed by atoms with Crippen LogP contribution in [-0.4, -0.2) is 10.9 Å². The van der Waals surface area contributed by atoms with Crippen LogP contribution in [0, 0.1) is 18.6 Å². The molecule has 116 valence electrons. The van der Waals surface area contributed by atoms with Crippen LogP contribution >= 0.6 is 0 Å². The van der Waals surface area contributed by atoms with E-state index in [1.165, 1.54) is 24.3 Å². The first kappa shape index (κ1) is 15.1. The van der Waals surface area contributed by atoms with Crippen LogP contribution in [0.25, 0.3) is 10.9 Å². The van der Waals surface area contributed by atoms with Crippen LogP contribution in [0.3, 0.4) is 0 Å². The van der Waals surface area contributed by atoms with Gasteiger partial charge in [0.05, 0.1) is 11.1 Å². The number of nitrogens with zero attached hydrogens (tertiary/aromatic N) is 1. The van der Waals surface area contributed by atoms with Crippen LogP contribution in [0.4, 0.5) is 8.78 Å². The molecule has 0 spiro atoms. The number of benzene rings is 2. The molecule has 0 aliphatic carbocycles. The van der Waals surface area contributed by atoms with Gasteiger partial charge in [-0.05, 0) is 37.3 Å². The minimum atomic E-state index is -0.439. The first-order valence-electron chi connectivity index (χ1n) is 7.13. The average Bonchev–Trinajstić information content (AvgIpc) is 2.53. The van der Waals surface area contributed by atoms with E-state index in [0.29, 0.717) is 27.7 Å². The lowest BCUT2D eigenvalue weighted by Gasteiger charge is -2.10. The van der Waals surface area contributed by atoms with Crippen molar-refractivity contribution in [3.8, 4) is 0 Å². The molecule has 5 heteroatoms. The van der Waals surface area contributed by atoms with Crippen LogP contribution in [-0.2, 0) is 6.54 Å². The number of hydrogen-bond donors (Lipinski definition) is 1. The van der Waals surface area contributed by atoms with Crippen molar-refractivity contribution in [1.82, 2.24) is 10.3 Å². The van der Waals surface area contributed by atoms with Crippen molar-refractivity contribution in [2.45, 2.75) is 13.5 Å². The van der Waals surface area contributed by atoms with Crippen molar-refractivity contribution >= 4 is 16.8 Å². The summed E-state index contributed by atoms with van der Waals surface area (Å²) in [6.45, 7) is 1.82. The van der Waals surface area contributed by atoms with Gasteiger partial charge in [0.2, 0.25) is 0 Å². The van der Waals surface area contributed by atoms with Crippen molar-refractivity contribution < 1.29 is 13.6 Å². The predicted octanol–water partition coefficient (Wildman–Crippen LogP) is 3.75. The lowest BCUT2D eigenvalue weighted by Crippen LogP contribution is -2.23. The van der Waals surface area contributed by atoms with Gasteiger partial charge in [-0.3, -0.25) is 9.78 Å². The van der Waals surface area contributed by atoms with Crippen molar-refractivity contribution in [3.63, 3.8) is 0 Å². The quantitative estimate of drug-likeness (QED) is 0.800. The Morgan fingerprint density at radius 2 is 1.91 bits per heavy atom. The van der Waals surface area contributed by atoms with Crippen molar-refractivity contribution in [3.05, 3.63) is 77.0 Å². The van der Waals surface area contributed by atoms with E-state index < -0.39 is 11.7 Å². The van der Waals surface area contributed by atoms with Crippen LogP contribution in [0.5, 0.6) is 0 Å². The smallest absolute Gasteiger partial charge is 0.252 e. The summed E-state index contributed by atoms with van der Waals surface area (Å²) < 4.78 is 27.1. The Bertz CT molecular complexity index is 893. The number of fused-ring (bicyclic) bond motifs is 1. The number of amides is 1. The molecule has 1 amide bonds. The highest BCUT2D eigenvalue weighted by Gasteiger charge is 2.13. The van der Waals surface area contributed by atoms with Crippen LogP contribution in [0.2, 0.25) is 0 Å². The molecule has 0 saturated heterocycles. The summed E-state index contributed by atoms with van der Waals surface area (Å²) in [6.07, 6.45) is 0. The third-order valence-electron chi connectivity index (χ3n) is 3.54. The lowest BCUT2D eigenvalue weighted by molar-refractivity contribution is 0.0952. The van der Waals surface area contributed by atoms with E-state index in [0.717, 1.165) is 0 Å². The van der Waals surface area contributed by atoms with Gasteiger partial charge in [-0.25, -0.2) is 8.78 Å². The molecule has 0 aliphatic heterocycles. The van der Waals surface area contributed by atoms with Crippen LogP contribution in [0.15, 0.2) is 48.5 Å². The Labute approximate surface area is 132 Å². The van der Waals surface area contributed by atoms with Gasteiger partial charge < -0.3 is 5.32 Å². The van der Waals surface area contributed by atoms with Crippen molar-refractivity contribution in [2.75, 3.05) is 0 Å². The zero-order valence-electron chi connectivity index (χ0n) is 12.4. The van der Waals surface area contributed by atoms with E-state index in [2.05, 4.69) is 10.3 Å². The van der Waals surface area contributed by atoms with E-state index >= 15 is 0 Å². The molecule has 3 aromatic rings. The summed E-state index contributed by atoms with van der Waals surface area (Å²) in [6, 6.07) is 11.9. The molecular weight excluding hydrogens is 298 g/mol. The summed E-state index contributed by atoms with van der Waals surface area (Å²) in [5, 5.41) is 3.10. The number of nitrogens with one attached hydrogen (secondary N) is 1. The molecule has 0 fully saturated rings. The molecule has 3 rings (SSSR count). The topological polar surface area (TPSA) is 42.0 Å².